The Kier molecular flexibility index (Phi) is 6.02. The summed E-state index contributed by atoms with van der Waals surface area (Å²) in [6.07, 6.45) is 3.17. The Hall–Kier alpha value is -0.990. The molecule has 0 unspecified atom stereocenters. The molecule has 76 valence electrons. The highest BCUT2D eigenvalue weighted by Crippen LogP contribution is 1.98. The number of rotatable bonds is 5. The highest BCUT2D eigenvalue weighted by Gasteiger charge is 2.08. The maximum atomic E-state index is 11.4. The molecule has 0 aromatic carbocycles. The van der Waals surface area contributed by atoms with Crippen molar-refractivity contribution >= 4 is 5.91 Å². The van der Waals surface area contributed by atoms with Crippen LogP contribution in [-0.2, 0) is 4.79 Å². The van der Waals surface area contributed by atoms with Crippen molar-refractivity contribution in [1.29, 1.82) is 0 Å². The molecule has 0 atom stereocenters. The van der Waals surface area contributed by atoms with Gasteiger partial charge in [-0.3, -0.25) is 4.79 Å². The summed E-state index contributed by atoms with van der Waals surface area (Å²) in [6.45, 7) is 7.10. The van der Waals surface area contributed by atoms with Gasteiger partial charge in [-0.1, -0.05) is 13.8 Å². The van der Waals surface area contributed by atoms with E-state index in [-0.39, 0.29) is 11.7 Å². The number of allylic oxidation sites excluding steroid dienone is 1. The first-order chi connectivity index (χ1) is 6.11. The standard InChI is InChI=1S/C10H19NO2/c1-4-6-11(7-5-2)10(13)8-9(3)12/h8,12H,4-7H2,1-3H3. The van der Waals surface area contributed by atoms with Gasteiger partial charge in [-0.05, 0) is 19.8 Å². The number of aliphatic hydroxyl groups is 1. The molecule has 0 fully saturated rings. The van der Waals surface area contributed by atoms with Gasteiger partial charge in [0.1, 0.15) is 0 Å². The molecule has 0 spiro atoms. The molecule has 0 saturated carbocycles. The minimum Gasteiger partial charge on any atom is -0.512 e. The second-order valence-electron chi connectivity index (χ2n) is 3.11. The van der Waals surface area contributed by atoms with E-state index in [9.17, 15) is 4.79 Å². The highest BCUT2D eigenvalue weighted by atomic mass is 16.3. The summed E-state index contributed by atoms with van der Waals surface area (Å²) >= 11 is 0. The quantitative estimate of drug-likeness (QED) is 0.526. The van der Waals surface area contributed by atoms with Gasteiger partial charge in [-0.2, -0.15) is 0 Å². The van der Waals surface area contributed by atoms with Crippen LogP contribution in [0.2, 0.25) is 0 Å². The normalized spacial score (nSPS) is 11.5. The first kappa shape index (κ1) is 12.0. The molecule has 0 rings (SSSR count). The lowest BCUT2D eigenvalue weighted by molar-refractivity contribution is -0.126. The minimum atomic E-state index is -0.0938. The molecule has 0 aliphatic rings. The van der Waals surface area contributed by atoms with Gasteiger partial charge in [0.05, 0.1) is 5.76 Å². The lowest BCUT2D eigenvalue weighted by Gasteiger charge is -2.19. The number of aliphatic hydroxyl groups excluding tert-OH is 1. The van der Waals surface area contributed by atoms with Gasteiger partial charge < -0.3 is 10.0 Å². The number of carbonyl (C=O) groups excluding carboxylic acids is 1. The van der Waals surface area contributed by atoms with E-state index in [0.29, 0.717) is 0 Å². The SMILES string of the molecule is CCCN(CCC)C(=O)C=C(C)O. The van der Waals surface area contributed by atoms with Crippen LogP contribution >= 0.6 is 0 Å². The van der Waals surface area contributed by atoms with E-state index in [1.807, 2.05) is 13.8 Å². The first-order valence-electron chi connectivity index (χ1n) is 4.78. The largest absolute Gasteiger partial charge is 0.512 e. The van der Waals surface area contributed by atoms with E-state index >= 15 is 0 Å². The molecule has 0 aromatic heterocycles. The summed E-state index contributed by atoms with van der Waals surface area (Å²) in [4.78, 5) is 13.2. The summed E-state index contributed by atoms with van der Waals surface area (Å²) in [5.41, 5.74) is 0. The van der Waals surface area contributed by atoms with Crippen molar-refractivity contribution in [3.63, 3.8) is 0 Å². The molecule has 0 saturated heterocycles. The van der Waals surface area contributed by atoms with Gasteiger partial charge in [0.2, 0.25) is 5.91 Å². The van der Waals surface area contributed by atoms with Crippen LogP contribution in [0.15, 0.2) is 11.8 Å². The Labute approximate surface area is 80.0 Å². The highest BCUT2D eigenvalue weighted by molar-refractivity contribution is 5.87. The van der Waals surface area contributed by atoms with Crippen LogP contribution < -0.4 is 0 Å². The summed E-state index contributed by atoms with van der Waals surface area (Å²) in [5, 5.41) is 8.92. The first-order valence-corrected chi connectivity index (χ1v) is 4.78. The van der Waals surface area contributed by atoms with Crippen molar-refractivity contribution in [2.24, 2.45) is 0 Å². The third-order valence-corrected chi connectivity index (χ3v) is 1.63. The van der Waals surface area contributed by atoms with Crippen molar-refractivity contribution in [1.82, 2.24) is 4.90 Å². The maximum absolute atomic E-state index is 11.4. The molecule has 0 aliphatic heterocycles. The Morgan fingerprint density at radius 3 is 2.08 bits per heavy atom. The number of hydrogen-bond acceptors (Lipinski definition) is 2. The topological polar surface area (TPSA) is 40.5 Å². The minimum absolute atomic E-state index is 0.0715. The van der Waals surface area contributed by atoms with Gasteiger partial charge in [0, 0.05) is 19.2 Å². The average Bonchev–Trinajstić information content (AvgIpc) is 2.02. The monoisotopic (exact) mass is 185 g/mol. The maximum Gasteiger partial charge on any atom is 0.249 e. The van der Waals surface area contributed by atoms with Crippen LogP contribution in [0, 0.1) is 0 Å². The Bertz CT molecular complexity index is 177. The van der Waals surface area contributed by atoms with Gasteiger partial charge in [-0.15, -0.1) is 0 Å². The van der Waals surface area contributed by atoms with Crippen LogP contribution in [0.5, 0.6) is 0 Å². The van der Waals surface area contributed by atoms with Gasteiger partial charge in [0.15, 0.2) is 0 Å². The summed E-state index contributed by atoms with van der Waals surface area (Å²) in [6, 6.07) is 0. The van der Waals surface area contributed by atoms with Crippen molar-refractivity contribution < 1.29 is 9.90 Å². The third-order valence-electron chi connectivity index (χ3n) is 1.63. The third kappa shape index (κ3) is 5.28. The fraction of sp³-hybridized carbons (Fsp3) is 0.700. The zero-order valence-corrected chi connectivity index (χ0v) is 8.71. The molecule has 0 aromatic rings. The zero-order chi connectivity index (χ0) is 10.3. The fourth-order valence-electron chi connectivity index (χ4n) is 1.14. The van der Waals surface area contributed by atoms with Gasteiger partial charge in [0.25, 0.3) is 0 Å². The fourth-order valence-corrected chi connectivity index (χ4v) is 1.14. The number of amides is 1. The van der Waals surface area contributed by atoms with Crippen molar-refractivity contribution in [2.45, 2.75) is 33.6 Å². The van der Waals surface area contributed by atoms with Crippen LogP contribution in [-0.4, -0.2) is 29.0 Å². The predicted octanol–water partition coefficient (Wildman–Crippen LogP) is 2.10. The summed E-state index contributed by atoms with van der Waals surface area (Å²) in [5.74, 6) is -0.0223. The molecule has 0 bridgehead atoms. The average molecular weight is 185 g/mol. The van der Waals surface area contributed by atoms with E-state index in [2.05, 4.69) is 0 Å². The molecule has 1 N–H and O–H groups in total. The second kappa shape index (κ2) is 6.52. The molecule has 0 aliphatic carbocycles. The van der Waals surface area contributed by atoms with Crippen molar-refractivity contribution in [3.05, 3.63) is 11.8 Å². The van der Waals surface area contributed by atoms with Crippen LogP contribution in [0.3, 0.4) is 0 Å². The van der Waals surface area contributed by atoms with Crippen molar-refractivity contribution in [2.75, 3.05) is 13.1 Å². The second-order valence-corrected chi connectivity index (χ2v) is 3.11. The van der Waals surface area contributed by atoms with E-state index in [1.54, 1.807) is 4.90 Å². The van der Waals surface area contributed by atoms with Gasteiger partial charge >= 0.3 is 0 Å². The predicted molar refractivity (Wildman–Crippen MR) is 53.5 cm³/mol. The van der Waals surface area contributed by atoms with E-state index in [1.165, 1.54) is 13.0 Å². The molecule has 3 nitrogen and oxygen atoms in total. The molecule has 0 radical (unpaired) electrons. The summed E-state index contributed by atoms with van der Waals surface area (Å²) < 4.78 is 0. The summed E-state index contributed by atoms with van der Waals surface area (Å²) in [7, 11) is 0. The number of hydrogen-bond donors (Lipinski definition) is 1. The zero-order valence-electron chi connectivity index (χ0n) is 8.71. The van der Waals surface area contributed by atoms with Crippen molar-refractivity contribution in [3.8, 4) is 0 Å². The number of nitrogens with zero attached hydrogens (tertiary/aromatic N) is 1. The lowest BCUT2D eigenvalue weighted by Crippen LogP contribution is -2.31. The molecule has 3 heteroatoms. The molecule has 0 heterocycles. The van der Waals surface area contributed by atoms with E-state index < -0.39 is 0 Å². The molecular weight excluding hydrogens is 166 g/mol. The molecular formula is C10H19NO2. The molecule has 13 heavy (non-hydrogen) atoms. The van der Waals surface area contributed by atoms with E-state index in [4.69, 9.17) is 5.11 Å². The number of carbonyl (C=O) groups is 1. The van der Waals surface area contributed by atoms with Crippen LogP contribution in [0.25, 0.3) is 0 Å². The smallest absolute Gasteiger partial charge is 0.249 e. The lowest BCUT2D eigenvalue weighted by atomic mass is 10.3. The van der Waals surface area contributed by atoms with Gasteiger partial charge in [-0.25, -0.2) is 0 Å². The van der Waals surface area contributed by atoms with E-state index in [0.717, 1.165) is 25.9 Å². The van der Waals surface area contributed by atoms with Crippen LogP contribution in [0.4, 0.5) is 0 Å². The Morgan fingerprint density at radius 1 is 1.31 bits per heavy atom. The van der Waals surface area contributed by atoms with Crippen LogP contribution in [0.1, 0.15) is 33.6 Å². The Balaban J connectivity index is 4.19. The molecule has 1 amide bonds. The Morgan fingerprint density at radius 2 is 1.77 bits per heavy atom.